The van der Waals surface area contributed by atoms with Gasteiger partial charge in [-0.2, -0.15) is 0 Å². The van der Waals surface area contributed by atoms with Crippen LogP contribution in [-0.4, -0.2) is 19.2 Å². The lowest BCUT2D eigenvalue weighted by atomic mass is 10.2. The van der Waals surface area contributed by atoms with Crippen molar-refractivity contribution in [3.63, 3.8) is 0 Å². The molecule has 1 aliphatic carbocycles. The van der Waals surface area contributed by atoms with Gasteiger partial charge in [0.25, 0.3) is 0 Å². The van der Waals surface area contributed by atoms with Gasteiger partial charge in [0.15, 0.2) is 0 Å². The van der Waals surface area contributed by atoms with E-state index < -0.39 is 0 Å². The number of nitrogens with one attached hydrogen (secondary N) is 1. The Labute approximate surface area is 110 Å². The first-order valence-electron chi connectivity index (χ1n) is 7.02. The molecular weight excluding hydrogens is 222 g/mol. The van der Waals surface area contributed by atoms with Gasteiger partial charge in [-0.25, -0.2) is 0 Å². The van der Waals surface area contributed by atoms with Gasteiger partial charge >= 0.3 is 0 Å². The predicted molar refractivity (Wildman–Crippen MR) is 76.9 cm³/mol. The fraction of sp³-hybridized carbons (Fsp3) is 0.500. The summed E-state index contributed by atoms with van der Waals surface area (Å²) in [6, 6.07) is 8.36. The standard InChI is InChI=1S/C16H23NO/c1-2-12-17-13-4-3-5-14-6-8-15(9-7-14)18-16-10-11-16/h3,5-9,16-17H,2,4,10-13H2,1H3/b5-3+. The highest BCUT2D eigenvalue weighted by molar-refractivity contribution is 5.50. The molecule has 1 aliphatic rings. The third-order valence-corrected chi connectivity index (χ3v) is 2.93. The summed E-state index contributed by atoms with van der Waals surface area (Å²) in [6.45, 7) is 4.36. The van der Waals surface area contributed by atoms with E-state index in [1.165, 1.54) is 24.8 Å². The molecule has 0 amide bonds. The molecule has 1 fully saturated rings. The van der Waals surface area contributed by atoms with Crippen LogP contribution >= 0.6 is 0 Å². The minimum absolute atomic E-state index is 0.482. The van der Waals surface area contributed by atoms with Gasteiger partial charge in [0, 0.05) is 0 Å². The molecule has 0 aromatic heterocycles. The molecule has 0 saturated heterocycles. The van der Waals surface area contributed by atoms with E-state index in [1.54, 1.807) is 0 Å². The van der Waals surface area contributed by atoms with Crippen molar-refractivity contribution in [2.45, 2.75) is 38.7 Å². The summed E-state index contributed by atoms with van der Waals surface area (Å²) < 4.78 is 5.72. The number of hydrogen-bond acceptors (Lipinski definition) is 2. The van der Waals surface area contributed by atoms with Crippen LogP contribution in [0.5, 0.6) is 5.75 Å². The minimum atomic E-state index is 0.482. The maximum Gasteiger partial charge on any atom is 0.119 e. The second kappa shape index (κ2) is 7.22. The Morgan fingerprint density at radius 3 is 2.67 bits per heavy atom. The average molecular weight is 245 g/mol. The molecule has 2 nitrogen and oxygen atoms in total. The van der Waals surface area contributed by atoms with Crippen LogP contribution in [0.3, 0.4) is 0 Å². The summed E-state index contributed by atoms with van der Waals surface area (Å²) in [6.07, 6.45) is 9.59. The Hall–Kier alpha value is -1.28. The van der Waals surface area contributed by atoms with Crippen LogP contribution in [0.25, 0.3) is 6.08 Å². The molecular formula is C16H23NO. The monoisotopic (exact) mass is 245 g/mol. The molecule has 0 radical (unpaired) electrons. The summed E-state index contributed by atoms with van der Waals surface area (Å²) in [5.41, 5.74) is 1.24. The molecule has 1 aromatic rings. The van der Waals surface area contributed by atoms with Gasteiger partial charge in [-0.1, -0.05) is 31.2 Å². The first-order valence-corrected chi connectivity index (χ1v) is 7.02. The first-order chi connectivity index (χ1) is 8.88. The van der Waals surface area contributed by atoms with Crippen molar-refractivity contribution < 1.29 is 4.74 Å². The molecule has 0 spiro atoms. The van der Waals surface area contributed by atoms with Crippen LogP contribution in [0, 0.1) is 0 Å². The maximum atomic E-state index is 5.72. The van der Waals surface area contributed by atoms with Gasteiger partial charge in [-0.05, 0) is 56.5 Å². The summed E-state index contributed by atoms with van der Waals surface area (Å²) in [7, 11) is 0. The second-order valence-corrected chi connectivity index (χ2v) is 4.83. The lowest BCUT2D eigenvalue weighted by Gasteiger charge is -2.03. The maximum absolute atomic E-state index is 5.72. The molecule has 2 rings (SSSR count). The van der Waals surface area contributed by atoms with Crippen LogP contribution in [0.4, 0.5) is 0 Å². The molecule has 1 N–H and O–H groups in total. The molecule has 2 heteroatoms. The summed E-state index contributed by atoms with van der Waals surface area (Å²) in [5.74, 6) is 0.999. The van der Waals surface area contributed by atoms with Crippen molar-refractivity contribution >= 4 is 6.08 Å². The fourth-order valence-corrected chi connectivity index (χ4v) is 1.74. The van der Waals surface area contributed by atoms with Crippen LogP contribution in [0.1, 0.15) is 38.2 Å². The summed E-state index contributed by atoms with van der Waals surface area (Å²) >= 11 is 0. The van der Waals surface area contributed by atoms with E-state index in [-0.39, 0.29) is 0 Å². The first kappa shape index (κ1) is 13.2. The van der Waals surface area contributed by atoms with Gasteiger partial charge in [-0.15, -0.1) is 0 Å². The zero-order valence-electron chi connectivity index (χ0n) is 11.2. The molecule has 18 heavy (non-hydrogen) atoms. The van der Waals surface area contributed by atoms with Gasteiger partial charge in [-0.3, -0.25) is 0 Å². The molecule has 0 heterocycles. The number of rotatable bonds is 8. The van der Waals surface area contributed by atoms with Crippen LogP contribution in [-0.2, 0) is 0 Å². The quantitative estimate of drug-likeness (QED) is 0.706. The van der Waals surface area contributed by atoms with Crippen molar-refractivity contribution in [3.05, 3.63) is 35.9 Å². The van der Waals surface area contributed by atoms with Gasteiger partial charge in [0.2, 0.25) is 0 Å². The van der Waals surface area contributed by atoms with Crippen molar-refractivity contribution in [3.8, 4) is 5.75 Å². The highest BCUT2D eigenvalue weighted by Gasteiger charge is 2.23. The van der Waals surface area contributed by atoms with Crippen molar-refractivity contribution in [1.82, 2.24) is 5.32 Å². The molecule has 1 saturated carbocycles. The van der Waals surface area contributed by atoms with E-state index in [0.29, 0.717) is 6.10 Å². The second-order valence-electron chi connectivity index (χ2n) is 4.83. The lowest BCUT2D eigenvalue weighted by molar-refractivity contribution is 0.303. The number of hydrogen-bond donors (Lipinski definition) is 1. The third-order valence-electron chi connectivity index (χ3n) is 2.93. The van der Waals surface area contributed by atoms with E-state index in [1.807, 2.05) is 0 Å². The van der Waals surface area contributed by atoms with Gasteiger partial charge < -0.3 is 10.1 Å². The molecule has 1 aromatic carbocycles. The minimum Gasteiger partial charge on any atom is -0.490 e. The number of ether oxygens (including phenoxy) is 1. The Morgan fingerprint density at radius 2 is 2.00 bits per heavy atom. The van der Waals surface area contributed by atoms with Crippen LogP contribution < -0.4 is 10.1 Å². The van der Waals surface area contributed by atoms with E-state index in [4.69, 9.17) is 4.74 Å². The molecule has 98 valence electrons. The lowest BCUT2D eigenvalue weighted by Crippen LogP contribution is -2.14. The topological polar surface area (TPSA) is 21.3 Å². The molecule has 0 aliphatic heterocycles. The Kier molecular flexibility index (Phi) is 5.28. The molecule has 0 atom stereocenters. The predicted octanol–water partition coefficient (Wildman–Crippen LogP) is 3.63. The van der Waals surface area contributed by atoms with Crippen LogP contribution in [0.2, 0.25) is 0 Å². The highest BCUT2D eigenvalue weighted by atomic mass is 16.5. The van der Waals surface area contributed by atoms with E-state index >= 15 is 0 Å². The normalized spacial score (nSPS) is 15.2. The zero-order chi connectivity index (χ0) is 12.6. The Morgan fingerprint density at radius 1 is 1.22 bits per heavy atom. The summed E-state index contributed by atoms with van der Waals surface area (Å²) in [4.78, 5) is 0. The highest BCUT2D eigenvalue weighted by Crippen LogP contribution is 2.26. The Balaban J connectivity index is 1.69. The molecule has 0 bridgehead atoms. The van der Waals surface area contributed by atoms with Crippen molar-refractivity contribution in [2.75, 3.05) is 13.1 Å². The van der Waals surface area contributed by atoms with E-state index in [0.717, 1.165) is 25.3 Å². The Bertz CT molecular complexity index is 365. The number of benzene rings is 1. The average Bonchev–Trinajstić information content (AvgIpc) is 3.20. The SMILES string of the molecule is CCCNCC/C=C/c1ccc(OC2CC2)cc1. The van der Waals surface area contributed by atoms with Crippen molar-refractivity contribution in [2.24, 2.45) is 0 Å². The van der Waals surface area contributed by atoms with Crippen LogP contribution in [0.15, 0.2) is 30.3 Å². The van der Waals surface area contributed by atoms with E-state index in [9.17, 15) is 0 Å². The van der Waals surface area contributed by atoms with Gasteiger partial charge in [0.1, 0.15) is 5.75 Å². The fourth-order valence-electron chi connectivity index (χ4n) is 1.74. The van der Waals surface area contributed by atoms with Gasteiger partial charge in [0.05, 0.1) is 6.10 Å². The zero-order valence-corrected chi connectivity index (χ0v) is 11.2. The smallest absolute Gasteiger partial charge is 0.119 e. The third kappa shape index (κ3) is 4.92. The largest absolute Gasteiger partial charge is 0.490 e. The van der Waals surface area contributed by atoms with Crippen molar-refractivity contribution in [1.29, 1.82) is 0 Å². The molecule has 0 unspecified atom stereocenters. The summed E-state index contributed by atoms with van der Waals surface area (Å²) in [5, 5.41) is 3.39. The van der Waals surface area contributed by atoms with E-state index in [2.05, 4.69) is 48.7 Å².